The molecule has 0 atom stereocenters. The van der Waals surface area contributed by atoms with Crippen LogP contribution in [-0.2, 0) is 0 Å². The van der Waals surface area contributed by atoms with Gasteiger partial charge in [-0.05, 0) is 31.2 Å². The lowest BCUT2D eigenvalue weighted by Crippen LogP contribution is -2.11. The molecule has 3 rings (SSSR count). The third-order valence-corrected chi connectivity index (χ3v) is 3.75. The minimum absolute atomic E-state index is 0.431. The van der Waals surface area contributed by atoms with Crippen molar-refractivity contribution in [2.45, 2.75) is 6.92 Å². The molecular weight excluding hydrogens is 246 g/mol. The summed E-state index contributed by atoms with van der Waals surface area (Å²) >= 11 is 1.70. The number of amides is 1. The lowest BCUT2D eigenvalue weighted by molar-refractivity contribution is 0.1000. The molecule has 0 saturated carbocycles. The predicted molar refractivity (Wildman–Crippen MR) is 71.8 cm³/mol. The molecule has 2 N–H and O–H groups in total. The zero-order valence-corrected chi connectivity index (χ0v) is 10.6. The minimum Gasteiger partial charge on any atom is -0.366 e. The number of imidazole rings is 1. The van der Waals surface area contributed by atoms with E-state index in [0.29, 0.717) is 5.56 Å². The maximum Gasteiger partial charge on any atom is 0.250 e. The third-order valence-electron chi connectivity index (χ3n) is 2.73. The largest absolute Gasteiger partial charge is 0.366 e. The van der Waals surface area contributed by atoms with E-state index in [1.54, 1.807) is 29.7 Å². The smallest absolute Gasteiger partial charge is 0.250 e. The number of aryl methyl sites for hydroxylation is 1. The van der Waals surface area contributed by atoms with Crippen LogP contribution >= 0.6 is 11.3 Å². The van der Waals surface area contributed by atoms with Gasteiger partial charge in [-0.25, -0.2) is 4.98 Å². The van der Waals surface area contributed by atoms with Crippen LogP contribution in [0.5, 0.6) is 0 Å². The number of carbonyl (C=O) groups excluding carboxylic acids is 1. The van der Waals surface area contributed by atoms with Crippen LogP contribution in [0.25, 0.3) is 16.2 Å². The Morgan fingerprint density at radius 1 is 1.28 bits per heavy atom. The lowest BCUT2D eigenvalue weighted by atomic mass is 10.3. The molecule has 0 fully saturated rings. The van der Waals surface area contributed by atoms with E-state index in [-0.39, 0.29) is 0 Å². The summed E-state index contributed by atoms with van der Waals surface area (Å²) < 4.78 is 1.82. The van der Waals surface area contributed by atoms with Crippen LogP contribution in [-0.4, -0.2) is 15.3 Å². The van der Waals surface area contributed by atoms with Crippen molar-refractivity contribution in [2.75, 3.05) is 0 Å². The topological polar surface area (TPSA) is 60.4 Å². The fourth-order valence-corrected chi connectivity index (χ4v) is 2.65. The molecule has 3 aromatic rings. The molecule has 0 spiro atoms. The highest BCUT2D eigenvalue weighted by Gasteiger charge is 2.08. The maximum atomic E-state index is 11.1. The van der Waals surface area contributed by atoms with E-state index in [1.165, 1.54) is 4.88 Å². The average molecular weight is 257 g/mol. The Bertz CT molecular complexity index is 742. The molecule has 0 aliphatic carbocycles. The van der Waals surface area contributed by atoms with Gasteiger partial charge in [-0.1, -0.05) is 0 Å². The van der Waals surface area contributed by atoms with Crippen LogP contribution < -0.4 is 5.73 Å². The van der Waals surface area contributed by atoms with Gasteiger partial charge in [0.05, 0.1) is 16.1 Å². The fraction of sp³-hybridized carbons (Fsp3) is 0.0769. The molecule has 1 amide bonds. The molecule has 0 radical (unpaired) electrons. The number of rotatable bonds is 2. The van der Waals surface area contributed by atoms with Crippen molar-refractivity contribution in [1.29, 1.82) is 0 Å². The number of hydrogen-bond acceptors (Lipinski definition) is 3. The second-order valence-electron chi connectivity index (χ2n) is 4.08. The van der Waals surface area contributed by atoms with Gasteiger partial charge >= 0.3 is 0 Å². The summed E-state index contributed by atoms with van der Waals surface area (Å²) in [5.41, 5.74) is 7.45. The summed E-state index contributed by atoms with van der Waals surface area (Å²) in [4.78, 5) is 18.0. The number of pyridine rings is 1. The Morgan fingerprint density at radius 3 is 2.78 bits per heavy atom. The summed E-state index contributed by atoms with van der Waals surface area (Å²) in [5.74, 6) is -0.431. The van der Waals surface area contributed by atoms with Crippen molar-refractivity contribution < 1.29 is 4.79 Å². The number of nitrogens with two attached hydrogens (primary N) is 1. The Labute approximate surface area is 108 Å². The normalized spacial score (nSPS) is 10.9. The molecule has 0 unspecified atom stereocenters. The van der Waals surface area contributed by atoms with Crippen molar-refractivity contribution in [3.63, 3.8) is 0 Å². The van der Waals surface area contributed by atoms with Gasteiger partial charge in [0.1, 0.15) is 5.65 Å². The molecular formula is C13H11N3OS. The Morgan fingerprint density at radius 2 is 2.11 bits per heavy atom. The summed E-state index contributed by atoms with van der Waals surface area (Å²) in [6.45, 7) is 2.06. The SMILES string of the molecule is Cc1ccc(-c2cn3cc(C(N)=O)ccc3n2)s1. The molecule has 3 heterocycles. The Hall–Kier alpha value is -2.14. The van der Waals surface area contributed by atoms with Crippen molar-refractivity contribution in [3.8, 4) is 10.6 Å². The summed E-state index contributed by atoms with van der Waals surface area (Å²) in [6, 6.07) is 7.60. The van der Waals surface area contributed by atoms with Gasteiger partial charge in [-0.15, -0.1) is 11.3 Å². The molecule has 0 saturated heterocycles. The van der Waals surface area contributed by atoms with E-state index in [9.17, 15) is 4.79 Å². The van der Waals surface area contributed by atoms with Crippen molar-refractivity contribution >= 4 is 22.9 Å². The molecule has 0 aliphatic rings. The first-order valence-corrected chi connectivity index (χ1v) is 6.30. The number of primary amides is 1. The quantitative estimate of drug-likeness (QED) is 0.766. The first-order chi connectivity index (χ1) is 8.63. The van der Waals surface area contributed by atoms with E-state index < -0.39 is 5.91 Å². The van der Waals surface area contributed by atoms with Crippen molar-refractivity contribution in [1.82, 2.24) is 9.38 Å². The van der Waals surface area contributed by atoms with Gasteiger partial charge in [0.25, 0.3) is 0 Å². The maximum absolute atomic E-state index is 11.1. The zero-order chi connectivity index (χ0) is 12.7. The Kier molecular flexibility index (Phi) is 2.41. The fourth-order valence-electron chi connectivity index (χ4n) is 1.83. The first-order valence-electron chi connectivity index (χ1n) is 5.49. The van der Waals surface area contributed by atoms with Gasteiger partial charge in [0.15, 0.2) is 0 Å². The van der Waals surface area contributed by atoms with Crippen LogP contribution in [0, 0.1) is 6.92 Å². The van der Waals surface area contributed by atoms with Crippen LogP contribution in [0.1, 0.15) is 15.2 Å². The monoisotopic (exact) mass is 257 g/mol. The van der Waals surface area contributed by atoms with Crippen molar-refractivity contribution in [3.05, 3.63) is 47.1 Å². The third kappa shape index (κ3) is 1.78. The van der Waals surface area contributed by atoms with Crippen LogP contribution in [0.15, 0.2) is 36.7 Å². The molecule has 0 bridgehead atoms. The van der Waals surface area contributed by atoms with Gasteiger partial charge in [0, 0.05) is 17.3 Å². The second kappa shape index (κ2) is 3.96. The lowest BCUT2D eigenvalue weighted by Gasteiger charge is -1.95. The highest BCUT2D eigenvalue weighted by molar-refractivity contribution is 7.15. The molecule has 0 aromatic carbocycles. The van der Waals surface area contributed by atoms with Crippen LogP contribution in [0.3, 0.4) is 0 Å². The van der Waals surface area contributed by atoms with Gasteiger partial charge in [0.2, 0.25) is 5.91 Å². The number of nitrogens with zero attached hydrogens (tertiary/aromatic N) is 2. The predicted octanol–water partition coefficient (Wildman–Crippen LogP) is 2.47. The average Bonchev–Trinajstić information content (AvgIpc) is 2.93. The molecule has 3 aromatic heterocycles. The molecule has 18 heavy (non-hydrogen) atoms. The number of hydrogen-bond donors (Lipinski definition) is 1. The number of carbonyl (C=O) groups is 1. The first kappa shape index (κ1) is 11.0. The molecule has 4 nitrogen and oxygen atoms in total. The summed E-state index contributed by atoms with van der Waals surface area (Å²) in [7, 11) is 0. The van der Waals surface area contributed by atoms with E-state index in [0.717, 1.165) is 16.2 Å². The molecule has 90 valence electrons. The second-order valence-corrected chi connectivity index (χ2v) is 5.37. The van der Waals surface area contributed by atoms with E-state index in [1.807, 2.05) is 10.6 Å². The minimum atomic E-state index is -0.431. The van der Waals surface area contributed by atoms with E-state index in [4.69, 9.17) is 5.73 Å². The van der Waals surface area contributed by atoms with Crippen LogP contribution in [0.2, 0.25) is 0 Å². The van der Waals surface area contributed by atoms with Crippen molar-refractivity contribution in [2.24, 2.45) is 5.73 Å². The van der Waals surface area contributed by atoms with Gasteiger partial charge < -0.3 is 10.1 Å². The number of aromatic nitrogens is 2. The number of fused-ring (bicyclic) bond motifs is 1. The highest BCUT2D eigenvalue weighted by Crippen LogP contribution is 2.27. The molecule has 5 heteroatoms. The summed E-state index contributed by atoms with van der Waals surface area (Å²) in [5, 5.41) is 0. The van der Waals surface area contributed by atoms with Crippen LogP contribution in [0.4, 0.5) is 0 Å². The highest BCUT2D eigenvalue weighted by atomic mass is 32.1. The number of thiophene rings is 1. The zero-order valence-electron chi connectivity index (χ0n) is 9.75. The van der Waals surface area contributed by atoms with E-state index >= 15 is 0 Å². The van der Waals surface area contributed by atoms with E-state index in [2.05, 4.69) is 24.0 Å². The van der Waals surface area contributed by atoms with Gasteiger partial charge in [-0.3, -0.25) is 4.79 Å². The summed E-state index contributed by atoms with van der Waals surface area (Å²) in [6.07, 6.45) is 3.61. The molecule has 0 aliphatic heterocycles. The van der Waals surface area contributed by atoms with Gasteiger partial charge in [-0.2, -0.15) is 0 Å². The standard InChI is InChI=1S/C13H11N3OS/c1-8-2-4-11(18-8)10-7-16-6-9(13(14)17)3-5-12(16)15-10/h2-7H,1H3,(H2,14,17). The Balaban J connectivity index is 2.13.